The van der Waals surface area contributed by atoms with Gasteiger partial charge in [0, 0.05) is 25.8 Å². The number of hydrogen-bond acceptors (Lipinski definition) is 3. The smallest absolute Gasteiger partial charge is 0.304 e. The molecule has 0 aromatic carbocycles. The van der Waals surface area contributed by atoms with Crippen LogP contribution in [0.2, 0.25) is 0 Å². The van der Waals surface area contributed by atoms with Gasteiger partial charge in [0.15, 0.2) is 0 Å². The number of carboxylic acids is 1. The van der Waals surface area contributed by atoms with Gasteiger partial charge in [-0.3, -0.25) is 9.48 Å². The zero-order chi connectivity index (χ0) is 11.1. The molecule has 5 nitrogen and oxygen atoms in total. The molecule has 0 atom stereocenters. The molecule has 0 saturated carbocycles. The lowest BCUT2D eigenvalue weighted by atomic mass is 10.3. The van der Waals surface area contributed by atoms with E-state index in [1.807, 2.05) is 10.7 Å². The maximum absolute atomic E-state index is 10.3. The number of rotatable bonds is 7. The Balaban J connectivity index is 2.30. The molecule has 2 N–H and O–H groups in total. The lowest BCUT2D eigenvalue weighted by Crippen LogP contribution is -2.20. The highest BCUT2D eigenvalue weighted by Crippen LogP contribution is 1.99. The van der Waals surface area contributed by atoms with Crippen molar-refractivity contribution in [2.45, 2.75) is 32.9 Å². The highest BCUT2D eigenvalue weighted by atomic mass is 16.4. The van der Waals surface area contributed by atoms with E-state index in [-0.39, 0.29) is 6.42 Å². The van der Waals surface area contributed by atoms with Crippen LogP contribution in [0.5, 0.6) is 0 Å². The summed E-state index contributed by atoms with van der Waals surface area (Å²) in [6.07, 6.45) is 2.97. The van der Waals surface area contributed by atoms with Crippen molar-refractivity contribution in [1.29, 1.82) is 0 Å². The second-order valence-corrected chi connectivity index (χ2v) is 3.37. The summed E-state index contributed by atoms with van der Waals surface area (Å²) >= 11 is 0. The summed E-state index contributed by atoms with van der Waals surface area (Å²) in [5, 5.41) is 15.7. The van der Waals surface area contributed by atoms with Crippen LogP contribution >= 0.6 is 0 Å². The summed E-state index contributed by atoms with van der Waals surface area (Å²) in [5.41, 5.74) is 1.10. The Morgan fingerprint density at radius 3 is 3.13 bits per heavy atom. The predicted molar refractivity (Wildman–Crippen MR) is 56.5 cm³/mol. The van der Waals surface area contributed by atoms with E-state index in [0.29, 0.717) is 13.1 Å². The van der Waals surface area contributed by atoms with Gasteiger partial charge >= 0.3 is 5.97 Å². The predicted octanol–water partition coefficient (Wildman–Crippen LogP) is 0.857. The molecule has 0 spiro atoms. The third-order valence-electron chi connectivity index (χ3n) is 2.06. The van der Waals surface area contributed by atoms with Crippen LogP contribution in [0.15, 0.2) is 12.3 Å². The summed E-state index contributed by atoms with van der Waals surface area (Å²) in [5.74, 6) is -0.774. The highest BCUT2D eigenvalue weighted by molar-refractivity contribution is 5.66. The molecule has 0 unspecified atom stereocenters. The summed E-state index contributed by atoms with van der Waals surface area (Å²) in [7, 11) is 0. The van der Waals surface area contributed by atoms with Gasteiger partial charge in [0.2, 0.25) is 0 Å². The zero-order valence-corrected chi connectivity index (χ0v) is 8.94. The minimum atomic E-state index is -0.774. The van der Waals surface area contributed by atoms with Crippen LogP contribution in [0.3, 0.4) is 0 Å². The van der Waals surface area contributed by atoms with Gasteiger partial charge in [-0.1, -0.05) is 6.92 Å². The average Bonchev–Trinajstić information content (AvgIpc) is 2.61. The first-order valence-electron chi connectivity index (χ1n) is 5.17. The van der Waals surface area contributed by atoms with Gasteiger partial charge in [0.25, 0.3) is 0 Å². The fraction of sp³-hybridized carbons (Fsp3) is 0.600. The molecule has 5 heteroatoms. The summed E-state index contributed by atoms with van der Waals surface area (Å²) in [4.78, 5) is 10.3. The van der Waals surface area contributed by atoms with Crippen LogP contribution in [0.1, 0.15) is 25.5 Å². The minimum absolute atomic E-state index is 0.155. The van der Waals surface area contributed by atoms with Gasteiger partial charge < -0.3 is 10.4 Å². The van der Waals surface area contributed by atoms with E-state index in [1.165, 1.54) is 0 Å². The minimum Gasteiger partial charge on any atom is -0.481 e. The van der Waals surface area contributed by atoms with Crippen LogP contribution < -0.4 is 5.32 Å². The molecule has 0 aliphatic rings. The number of carboxylic acid groups (broad SMARTS) is 1. The standard InChI is InChI=1S/C10H17N3O2/c1-2-7-13-9(3-6-12-13)8-11-5-4-10(14)15/h3,6,11H,2,4-5,7-8H2,1H3,(H,14,15). The Morgan fingerprint density at radius 1 is 1.67 bits per heavy atom. The van der Waals surface area contributed by atoms with Crippen molar-refractivity contribution < 1.29 is 9.90 Å². The van der Waals surface area contributed by atoms with E-state index >= 15 is 0 Å². The van der Waals surface area contributed by atoms with Crippen LogP contribution in [0.4, 0.5) is 0 Å². The van der Waals surface area contributed by atoms with E-state index in [0.717, 1.165) is 18.7 Å². The first kappa shape index (κ1) is 11.7. The molecule has 0 bridgehead atoms. The van der Waals surface area contributed by atoms with Gasteiger partial charge in [0.05, 0.1) is 12.1 Å². The summed E-state index contributed by atoms with van der Waals surface area (Å²) in [6.45, 7) is 4.17. The number of carbonyl (C=O) groups is 1. The SMILES string of the molecule is CCCn1nccc1CNCCC(=O)O. The van der Waals surface area contributed by atoms with Crippen LogP contribution in [-0.2, 0) is 17.9 Å². The van der Waals surface area contributed by atoms with E-state index < -0.39 is 5.97 Å². The molecule has 0 radical (unpaired) electrons. The van der Waals surface area contributed by atoms with Gasteiger partial charge in [-0.15, -0.1) is 0 Å². The number of nitrogens with one attached hydrogen (secondary N) is 1. The van der Waals surface area contributed by atoms with Gasteiger partial charge in [0.1, 0.15) is 0 Å². The quantitative estimate of drug-likeness (QED) is 0.656. The van der Waals surface area contributed by atoms with Crippen molar-refractivity contribution in [3.63, 3.8) is 0 Å². The number of aryl methyl sites for hydroxylation is 1. The van der Waals surface area contributed by atoms with Crippen molar-refractivity contribution in [2.24, 2.45) is 0 Å². The molecule has 0 fully saturated rings. The molecule has 1 aromatic heterocycles. The highest BCUT2D eigenvalue weighted by Gasteiger charge is 2.01. The van der Waals surface area contributed by atoms with Crippen molar-refractivity contribution >= 4 is 5.97 Å². The first-order valence-corrected chi connectivity index (χ1v) is 5.17. The molecule has 1 heterocycles. The largest absolute Gasteiger partial charge is 0.481 e. The third-order valence-corrected chi connectivity index (χ3v) is 2.06. The lowest BCUT2D eigenvalue weighted by Gasteiger charge is -2.06. The zero-order valence-electron chi connectivity index (χ0n) is 8.94. The van der Waals surface area contributed by atoms with Crippen LogP contribution in [-0.4, -0.2) is 27.4 Å². The lowest BCUT2D eigenvalue weighted by molar-refractivity contribution is -0.136. The fourth-order valence-corrected chi connectivity index (χ4v) is 1.34. The monoisotopic (exact) mass is 211 g/mol. The van der Waals surface area contributed by atoms with Gasteiger partial charge in [-0.2, -0.15) is 5.10 Å². The van der Waals surface area contributed by atoms with E-state index in [1.54, 1.807) is 6.20 Å². The molecule has 0 amide bonds. The Morgan fingerprint density at radius 2 is 2.47 bits per heavy atom. The second kappa shape index (κ2) is 6.19. The van der Waals surface area contributed by atoms with E-state index in [2.05, 4.69) is 17.3 Å². The van der Waals surface area contributed by atoms with Gasteiger partial charge in [-0.25, -0.2) is 0 Å². The maximum atomic E-state index is 10.3. The van der Waals surface area contributed by atoms with Crippen molar-refractivity contribution in [3.05, 3.63) is 18.0 Å². The molecular formula is C10H17N3O2. The average molecular weight is 211 g/mol. The first-order chi connectivity index (χ1) is 7.24. The normalized spacial score (nSPS) is 10.5. The number of aromatic nitrogens is 2. The van der Waals surface area contributed by atoms with Gasteiger partial charge in [-0.05, 0) is 12.5 Å². The Hall–Kier alpha value is -1.36. The Kier molecular flexibility index (Phi) is 4.83. The third kappa shape index (κ3) is 4.12. The second-order valence-electron chi connectivity index (χ2n) is 3.37. The number of nitrogens with zero attached hydrogens (tertiary/aromatic N) is 2. The Labute approximate surface area is 89.1 Å². The topological polar surface area (TPSA) is 67.2 Å². The summed E-state index contributed by atoms with van der Waals surface area (Å²) < 4.78 is 1.94. The molecule has 15 heavy (non-hydrogen) atoms. The fourth-order valence-electron chi connectivity index (χ4n) is 1.34. The molecule has 1 rings (SSSR count). The molecule has 0 saturated heterocycles. The van der Waals surface area contributed by atoms with Crippen molar-refractivity contribution in [1.82, 2.24) is 15.1 Å². The number of hydrogen-bond donors (Lipinski definition) is 2. The van der Waals surface area contributed by atoms with E-state index in [4.69, 9.17) is 5.11 Å². The molecule has 0 aliphatic carbocycles. The molecule has 0 aliphatic heterocycles. The molecule has 84 valence electrons. The number of aliphatic carboxylic acids is 1. The Bertz CT molecular complexity index is 309. The van der Waals surface area contributed by atoms with Crippen LogP contribution in [0, 0.1) is 0 Å². The summed E-state index contributed by atoms with van der Waals surface area (Å²) in [6, 6.07) is 1.95. The van der Waals surface area contributed by atoms with E-state index in [9.17, 15) is 4.79 Å². The van der Waals surface area contributed by atoms with Crippen molar-refractivity contribution in [2.75, 3.05) is 6.54 Å². The van der Waals surface area contributed by atoms with Crippen LogP contribution in [0.25, 0.3) is 0 Å². The molecule has 1 aromatic rings. The maximum Gasteiger partial charge on any atom is 0.304 e. The van der Waals surface area contributed by atoms with Crippen molar-refractivity contribution in [3.8, 4) is 0 Å². The molecular weight excluding hydrogens is 194 g/mol.